The Hall–Kier alpha value is -5.20. The number of aromatic nitrogens is 3. The highest BCUT2D eigenvalue weighted by Crippen LogP contribution is 2.42. The molecule has 2 aromatic heterocycles. The third-order valence-corrected chi connectivity index (χ3v) is 7.94. The molecule has 13 heteroatoms. The average molecular weight is 674 g/mol. The van der Waals surface area contributed by atoms with Gasteiger partial charge in [0.1, 0.15) is 16.9 Å². The van der Waals surface area contributed by atoms with E-state index in [1.807, 2.05) is 31.3 Å². The summed E-state index contributed by atoms with van der Waals surface area (Å²) in [6, 6.07) is 11.6. The average Bonchev–Trinajstić information content (AvgIpc) is 3.78. The van der Waals surface area contributed by atoms with E-state index in [0.717, 1.165) is 29.3 Å². The van der Waals surface area contributed by atoms with Crippen molar-refractivity contribution in [2.24, 2.45) is 0 Å². The first-order chi connectivity index (χ1) is 22.6. The first-order valence-electron chi connectivity index (χ1n) is 16.0. The molecule has 1 aliphatic rings. The first-order valence-corrected chi connectivity index (χ1v) is 16.0. The molecule has 0 radical (unpaired) electrons. The lowest BCUT2D eigenvalue weighted by Crippen LogP contribution is -2.38. The molecule has 13 nitrogen and oxygen atoms in total. The van der Waals surface area contributed by atoms with Gasteiger partial charge in [0, 0.05) is 68.2 Å². The zero-order valence-corrected chi connectivity index (χ0v) is 28.7. The molecule has 0 bridgehead atoms. The number of hydrogen-bond acceptors (Lipinski definition) is 10. The van der Waals surface area contributed by atoms with Gasteiger partial charge in [0.05, 0.1) is 22.4 Å². The van der Waals surface area contributed by atoms with E-state index < -0.39 is 22.6 Å². The molecule has 1 amide bonds. The highest BCUT2D eigenvalue weighted by Gasteiger charge is 2.29. The smallest absolute Gasteiger partial charge is 0.410 e. The fraction of sp³-hybridized carbons (Fsp3) is 0.444. The molecule has 2 heterocycles. The van der Waals surface area contributed by atoms with Crippen molar-refractivity contribution in [1.82, 2.24) is 19.4 Å². The van der Waals surface area contributed by atoms with Crippen LogP contribution in [0.2, 0.25) is 0 Å². The van der Waals surface area contributed by atoms with Crippen LogP contribution in [0.3, 0.4) is 0 Å². The molecule has 0 saturated heterocycles. The van der Waals surface area contributed by atoms with Crippen molar-refractivity contribution >= 4 is 46.0 Å². The van der Waals surface area contributed by atoms with E-state index in [1.54, 1.807) is 59.7 Å². The number of benzene rings is 2. The number of carbonyl (C=O) groups is 2. The van der Waals surface area contributed by atoms with Crippen LogP contribution in [-0.2, 0) is 9.47 Å². The highest BCUT2D eigenvalue weighted by molar-refractivity contribution is 6.03. The number of aryl methyl sites for hydroxylation is 1. The van der Waals surface area contributed by atoms with Crippen molar-refractivity contribution in [1.29, 1.82) is 0 Å². The van der Waals surface area contributed by atoms with Gasteiger partial charge in [0.25, 0.3) is 5.69 Å². The van der Waals surface area contributed by atoms with Gasteiger partial charge in [-0.1, -0.05) is 25.6 Å². The van der Waals surface area contributed by atoms with Crippen molar-refractivity contribution in [2.45, 2.75) is 79.6 Å². The number of anilines is 3. The molecule has 1 saturated carbocycles. The number of nitrogens with zero attached hydrogens (tertiary/aromatic N) is 6. The number of amides is 1. The van der Waals surface area contributed by atoms with Crippen LogP contribution >= 0.6 is 0 Å². The lowest BCUT2D eigenvalue weighted by molar-refractivity contribution is -0.384. The Balaban J connectivity index is 0.00000541. The molecule has 1 N–H and O–H groups in total. The van der Waals surface area contributed by atoms with Crippen LogP contribution in [0.15, 0.2) is 48.8 Å². The molecular formula is C36H47N7O6. The lowest BCUT2D eigenvalue weighted by atomic mass is 10.1. The molecule has 0 aliphatic heterocycles. The number of fused-ring (bicyclic) bond motifs is 1. The number of nitrogens with one attached hydrogen (secondary N) is 1. The van der Waals surface area contributed by atoms with Gasteiger partial charge < -0.3 is 29.2 Å². The second-order valence-electron chi connectivity index (χ2n) is 13.5. The van der Waals surface area contributed by atoms with E-state index >= 15 is 0 Å². The van der Waals surface area contributed by atoms with Crippen LogP contribution in [0.5, 0.6) is 0 Å². The Morgan fingerprint density at radius 3 is 2.47 bits per heavy atom. The van der Waals surface area contributed by atoms with Crippen molar-refractivity contribution in [3.05, 3.63) is 70.0 Å². The van der Waals surface area contributed by atoms with E-state index in [-0.39, 0.29) is 30.7 Å². The highest BCUT2D eigenvalue weighted by atomic mass is 16.6. The normalized spacial score (nSPS) is 12.8. The van der Waals surface area contributed by atoms with E-state index in [2.05, 4.69) is 20.9 Å². The van der Waals surface area contributed by atoms with Crippen molar-refractivity contribution in [2.75, 3.05) is 37.4 Å². The number of carbonyl (C=O) groups excluding carboxylic acids is 2. The number of para-hydroxylation sites is 1. The monoisotopic (exact) mass is 673 g/mol. The fourth-order valence-corrected chi connectivity index (χ4v) is 5.36. The van der Waals surface area contributed by atoms with Crippen molar-refractivity contribution in [3.8, 4) is 11.3 Å². The van der Waals surface area contributed by atoms with Crippen LogP contribution in [0.1, 0.15) is 76.9 Å². The van der Waals surface area contributed by atoms with Gasteiger partial charge in [0.2, 0.25) is 5.95 Å². The van der Waals surface area contributed by atoms with E-state index in [9.17, 15) is 19.7 Å². The van der Waals surface area contributed by atoms with Crippen molar-refractivity contribution in [3.63, 3.8) is 0 Å². The van der Waals surface area contributed by atoms with E-state index in [4.69, 9.17) is 14.5 Å². The minimum atomic E-state index is -0.631. The molecule has 262 valence electrons. The molecule has 0 atom stereocenters. The quantitative estimate of drug-likeness (QED) is 0.0947. The van der Waals surface area contributed by atoms with Gasteiger partial charge in [0.15, 0.2) is 0 Å². The minimum Gasteiger partial charge on any atom is -0.459 e. The predicted molar refractivity (Wildman–Crippen MR) is 192 cm³/mol. The van der Waals surface area contributed by atoms with Crippen LogP contribution in [0, 0.1) is 17.0 Å². The molecule has 0 spiro atoms. The molecule has 5 rings (SSSR count). The summed E-state index contributed by atoms with van der Waals surface area (Å²) >= 11 is 0. The number of nitro groups is 1. The topological polar surface area (TPSA) is 145 Å². The maximum Gasteiger partial charge on any atom is 0.410 e. The summed E-state index contributed by atoms with van der Waals surface area (Å²) in [6.45, 7) is 11.4. The standard InChI is InChI=1S/C35H43N7O6.CH4/c1-21(2)47-32(43)25-19-36-33(38-31(25)26-20-41(23-13-14-23)28-12-10-9-11-24(26)28)37-27-18-30(42(45)46)29(17-22(27)3)39(7)15-16-40(8)34(44)48-35(4,5)6;/h9-12,17-21,23H,13-16H2,1-8H3,(H,36,37,38);1H4. The number of hydrogen-bond donors (Lipinski definition) is 1. The van der Waals surface area contributed by atoms with Gasteiger partial charge in [-0.25, -0.2) is 19.6 Å². The van der Waals surface area contributed by atoms with Crippen LogP contribution in [-0.4, -0.2) is 75.3 Å². The molecule has 49 heavy (non-hydrogen) atoms. The van der Waals surface area contributed by atoms with Gasteiger partial charge >= 0.3 is 12.1 Å². The second kappa shape index (κ2) is 14.5. The summed E-state index contributed by atoms with van der Waals surface area (Å²) in [5.41, 5.74) is 3.24. The second-order valence-corrected chi connectivity index (χ2v) is 13.5. The SMILES string of the molecule is C.Cc1cc(N(C)CCN(C)C(=O)OC(C)(C)C)c([N+](=O)[O-])cc1Nc1ncc(C(=O)OC(C)C)c(-c2cn(C3CC3)c3ccccc23)n1. The summed E-state index contributed by atoms with van der Waals surface area (Å²) in [5.74, 6) is -0.363. The Morgan fingerprint density at radius 2 is 1.84 bits per heavy atom. The predicted octanol–water partition coefficient (Wildman–Crippen LogP) is 7.90. The van der Waals surface area contributed by atoms with Crippen LogP contribution < -0.4 is 10.2 Å². The maximum atomic E-state index is 13.2. The Labute approximate surface area is 287 Å². The molecule has 0 unspecified atom stereocenters. The molecule has 2 aromatic carbocycles. The summed E-state index contributed by atoms with van der Waals surface area (Å²) in [7, 11) is 3.36. The zero-order valence-electron chi connectivity index (χ0n) is 28.7. The third-order valence-electron chi connectivity index (χ3n) is 7.94. The van der Waals surface area contributed by atoms with Gasteiger partial charge in [-0.3, -0.25) is 10.1 Å². The zero-order chi connectivity index (χ0) is 34.9. The largest absolute Gasteiger partial charge is 0.459 e. The van der Waals surface area contributed by atoms with Gasteiger partial charge in [-0.15, -0.1) is 0 Å². The van der Waals surface area contributed by atoms with Gasteiger partial charge in [-0.05, 0) is 72.1 Å². The van der Waals surface area contributed by atoms with Crippen LogP contribution in [0.4, 0.5) is 27.8 Å². The Morgan fingerprint density at radius 1 is 1.14 bits per heavy atom. The lowest BCUT2D eigenvalue weighted by Gasteiger charge is -2.27. The van der Waals surface area contributed by atoms with Crippen molar-refractivity contribution < 1.29 is 24.0 Å². The summed E-state index contributed by atoms with van der Waals surface area (Å²) in [6.07, 6.45) is 4.82. The number of nitro benzene ring substituents is 1. The number of rotatable bonds is 11. The summed E-state index contributed by atoms with van der Waals surface area (Å²) < 4.78 is 13.2. The molecule has 4 aromatic rings. The van der Waals surface area contributed by atoms with Gasteiger partial charge in [-0.2, -0.15) is 0 Å². The minimum absolute atomic E-state index is 0. The molecule has 1 aliphatic carbocycles. The number of likely N-dealkylation sites (N-methyl/N-ethyl adjacent to an activating group) is 2. The Kier molecular flexibility index (Phi) is 10.8. The maximum absolute atomic E-state index is 13.2. The number of ether oxygens (including phenoxy) is 2. The summed E-state index contributed by atoms with van der Waals surface area (Å²) in [4.78, 5) is 49.9. The summed E-state index contributed by atoms with van der Waals surface area (Å²) in [5, 5.41) is 16.4. The van der Waals surface area contributed by atoms with Crippen LogP contribution in [0.25, 0.3) is 22.2 Å². The Bertz CT molecular complexity index is 1860. The first kappa shape index (κ1) is 36.6. The third kappa shape index (κ3) is 8.45. The number of esters is 1. The molecular weight excluding hydrogens is 626 g/mol. The van der Waals surface area contributed by atoms with E-state index in [1.165, 1.54) is 17.2 Å². The van der Waals surface area contributed by atoms with E-state index in [0.29, 0.717) is 41.8 Å². The molecule has 1 fully saturated rings. The fourth-order valence-electron chi connectivity index (χ4n) is 5.36.